The fourth-order valence-electron chi connectivity index (χ4n) is 2.09. The van der Waals surface area contributed by atoms with E-state index in [-0.39, 0.29) is 18.3 Å². The van der Waals surface area contributed by atoms with Crippen LogP contribution in [0.25, 0.3) is 15.3 Å². The van der Waals surface area contributed by atoms with Gasteiger partial charge in [0.25, 0.3) is 5.56 Å². The first kappa shape index (κ1) is 16.4. The van der Waals surface area contributed by atoms with Gasteiger partial charge in [0.2, 0.25) is 5.13 Å². The van der Waals surface area contributed by atoms with Crippen molar-refractivity contribution in [2.24, 2.45) is 4.99 Å². The molecule has 3 aromatic rings. The predicted octanol–water partition coefficient (Wildman–Crippen LogP) is 2.21. The molecule has 0 aliphatic heterocycles. The molecule has 10 heteroatoms. The van der Waals surface area contributed by atoms with Gasteiger partial charge in [-0.25, -0.2) is 4.98 Å². The molecule has 0 unspecified atom stereocenters. The van der Waals surface area contributed by atoms with Gasteiger partial charge in [-0.05, 0) is 12.1 Å². The maximum absolute atomic E-state index is 13.2. The molecule has 0 atom stereocenters. The zero-order valence-electron chi connectivity index (χ0n) is 12.0. The molecular formula is C14H11F3N4O2S. The summed E-state index contributed by atoms with van der Waals surface area (Å²) >= 11 is 1.09. The van der Waals surface area contributed by atoms with Gasteiger partial charge in [-0.2, -0.15) is 17.9 Å². The lowest BCUT2D eigenvalue weighted by atomic mass is 10.2. The third-order valence-corrected chi connectivity index (χ3v) is 4.15. The highest BCUT2D eigenvalue weighted by Gasteiger charge is 2.38. The zero-order valence-corrected chi connectivity index (χ0v) is 12.9. The number of thiazole rings is 1. The van der Waals surface area contributed by atoms with Crippen LogP contribution in [0.4, 0.5) is 13.2 Å². The fourth-order valence-corrected chi connectivity index (χ4v) is 3.02. The Bertz CT molecular complexity index is 922. The van der Waals surface area contributed by atoms with Gasteiger partial charge in [-0.1, -0.05) is 23.5 Å². The number of nitrogens with zero attached hydrogens (tertiary/aromatic N) is 3. The smallest absolute Gasteiger partial charge is 0.394 e. The highest BCUT2D eigenvalue weighted by atomic mass is 32.1. The molecule has 0 aliphatic carbocycles. The third kappa shape index (κ3) is 2.97. The number of fused-ring (bicyclic) bond motifs is 1. The molecule has 2 aromatic heterocycles. The first-order chi connectivity index (χ1) is 11.4. The van der Waals surface area contributed by atoms with Crippen LogP contribution in [0.2, 0.25) is 0 Å². The Morgan fingerprint density at radius 3 is 2.79 bits per heavy atom. The minimum absolute atomic E-state index is 0.0942. The highest BCUT2D eigenvalue weighted by molar-refractivity contribution is 7.20. The van der Waals surface area contributed by atoms with Crippen molar-refractivity contribution in [2.45, 2.75) is 6.18 Å². The number of aliphatic imine (C=N–C) groups is 1. The van der Waals surface area contributed by atoms with Crippen molar-refractivity contribution < 1.29 is 18.3 Å². The van der Waals surface area contributed by atoms with Crippen LogP contribution in [0.5, 0.6) is 0 Å². The van der Waals surface area contributed by atoms with Gasteiger partial charge in [0, 0.05) is 6.21 Å². The van der Waals surface area contributed by atoms with Crippen molar-refractivity contribution in [3.63, 3.8) is 0 Å². The summed E-state index contributed by atoms with van der Waals surface area (Å²) in [4.78, 5) is 20.1. The molecule has 0 fully saturated rings. The summed E-state index contributed by atoms with van der Waals surface area (Å²) < 4.78 is 41.0. The monoisotopic (exact) mass is 356 g/mol. The SMILES string of the molecule is O=c1c(C=NCCO)c(C(F)(F)F)[nH]n1-c1nc2ccccc2s1. The molecule has 0 saturated carbocycles. The summed E-state index contributed by atoms with van der Waals surface area (Å²) in [5.74, 6) is 0. The first-order valence-corrected chi connectivity index (χ1v) is 7.62. The van der Waals surface area contributed by atoms with E-state index >= 15 is 0 Å². The fraction of sp³-hybridized carbons (Fsp3) is 0.214. The molecule has 0 saturated heterocycles. The lowest BCUT2D eigenvalue weighted by Gasteiger charge is -2.03. The molecule has 1 aromatic carbocycles. The van der Waals surface area contributed by atoms with E-state index in [0.29, 0.717) is 5.52 Å². The largest absolute Gasteiger partial charge is 0.433 e. The lowest BCUT2D eigenvalue weighted by molar-refractivity contribution is -0.141. The van der Waals surface area contributed by atoms with Gasteiger partial charge in [0.05, 0.1) is 28.9 Å². The van der Waals surface area contributed by atoms with Crippen LogP contribution in [0.1, 0.15) is 11.3 Å². The van der Waals surface area contributed by atoms with Crippen LogP contribution in [0, 0.1) is 0 Å². The van der Waals surface area contributed by atoms with Gasteiger partial charge in [-0.15, -0.1) is 0 Å². The van der Waals surface area contributed by atoms with Gasteiger partial charge in [-0.3, -0.25) is 14.9 Å². The van der Waals surface area contributed by atoms with Crippen molar-refractivity contribution in [3.8, 4) is 5.13 Å². The average Bonchev–Trinajstić information content (AvgIpc) is 3.08. The van der Waals surface area contributed by atoms with E-state index in [1.54, 1.807) is 24.3 Å². The van der Waals surface area contributed by atoms with E-state index in [0.717, 1.165) is 26.9 Å². The average molecular weight is 356 g/mol. The summed E-state index contributed by atoms with van der Waals surface area (Å²) in [6, 6.07) is 6.99. The predicted molar refractivity (Wildman–Crippen MR) is 84.1 cm³/mol. The number of aromatic nitrogens is 3. The number of hydrogen-bond donors (Lipinski definition) is 2. The Labute approximate surface area is 136 Å². The Kier molecular flexibility index (Phi) is 4.24. The molecule has 3 rings (SSSR count). The van der Waals surface area contributed by atoms with Crippen LogP contribution in [0.15, 0.2) is 34.1 Å². The third-order valence-electron chi connectivity index (χ3n) is 3.13. The van der Waals surface area contributed by atoms with Crippen LogP contribution in [-0.2, 0) is 6.18 Å². The quantitative estimate of drug-likeness (QED) is 0.703. The molecule has 2 N–H and O–H groups in total. The van der Waals surface area contributed by atoms with Crippen molar-refractivity contribution in [1.29, 1.82) is 0 Å². The van der Waals surface area contributed by atoms with Crippen molar-refractivity contribution in [2.75, 3.05) is 13.2 Å². The summed E-state index contributed by atoms with van der Waals surface area (Å²) in [6.45, 7) is -0.419. The number of para-hydroxylation sites is 1. The summed E-state index contributed by atoms with van der Waals surface area (Å²) in [7, 11) is 0. The van der Waals surface area contributed by atoms with Gasteiger partial charge in [0.1, 0.15) is 0 Å². The van der Waals surface area contributed by atoms with E-state index in [4.69, 9.17) is 5.11 Å². The molecule has 126 valence electrons. The maximum atomic E-state index is 13.2. The number of rotatable bonds is 4. The van der Waals surface area contributed by atoms with Gasteiger partial charge < -0.3 is 5.11 Å². The molecule has 24 heavy (non-hydrogen) atoms. The topological polar surface area (TPSA) is 83.3 Å². The van der Waals surface area contributed by atoms with Crippen LogP contribution in [-0.4, -0.2) is 39.2 Å². The normalized spacial score (nSPS) is 12.5. The molecule has 6 nitrogen and oxygen atoms in total. The number of benzene rings is 1. The number of hydrogen-bond acceptors (Lipinski definition) is 5. The molecule has 2 heterocycles. The van der Waals surface area contributed by atoms with Crippen molar-refractivity contribution in [1.82, 2.24) is 14.8 Å². The second kappa shape index (κ2) is 6.21. The summed E-state index contributed by atoms with van der Waals surface area (Å²) in [5.41, 5.74) is -2.13. The number of H-pyrrole nitrogens is 1. The van der Waals surface area contributed by atoms with Crippen molar-refractivity contribution in [3.05, 3.63) is 45.9 Å². The summed E-state index contributed by atoms with van der Waals surface area (Å²) in [6.07, 6.45) is -3.93. The van der Waals surface area contributed by atoms with Crippen LogP contribution < -0.4 is 5.56 Å². The van der Waals surface area contributed by atoms with Crippen LogP contribution >= 0.6 is 11.3 Å². The number of alkyl halides is 3. The number of aliphatic hydroxyl groups excluding tert-OH is 1. The number of aliphatic hydroxyl groups is 1. The van der Waals surface area contributed by atoms with Crippen LogP contribution in [0.3, 0.4) is 0 Å². The Balaban J connectivity index is 2.16. The molecule has 0 spiro atoms. The lowest BCUT2D eigenvalue weighted by Crippen LogP contribution is -2.17. The number of nitrogens with one attached hydrogen (secondary N) is 1. The van der Waals surface area contributed by atoms with E-state index in [9.17, 15) is 18.0 Å². The first-order valence-electron chi connectivity index (χ1n) is 6.80. The molecular weight excluding hydrogens is 345 g/mol. The molecule has 0 amide bonds. The van der Waals surface area contributed by atoms with Gasteiger partial charge in [0.15, 0.2) is 5.69 Å². The number of aromatic amines is 1. The van der Waals surface area contributed by atoms with E-state index in [2.05, 4.69) is 15.1 Å². The second-order valence-electron chi connectivity index (χ2n) is 4.76. The Morgan fingerprint density at radius 1 is 1.38 bits per heavy atom. The minimum atomic E-state index is -4.75. The van der Waals surface area contributed by atoms with Gasteiger partial charge >= 0.3 is 6.18 Å². The Hall–Kier alpha value is -2.46. The van der Waals surface area contributed by atoms with Crippen molar-refractivity contribution >= 4 is 27.8 Å². The molecule has 0 radical (unpaired) electrons. The van der Waals surface area contributed by atoms with E-state index in [1.807, 2.05) is 0 Å². The standard InChI is InChI=1S/C14H11F3N4O2S/c15-14(16,17)11-8(7-18-5-6-22)12(23)21(20-11)13-19-9-3-1-2-4-10(9)24-13/h1-4,7,20,22H,5-6H2. The molecule has 0 bridgehead atoms. The molecule has 0 aliphatic rings. The maximum Gasteiger partial charge on any atom is 0.433 e. The minimum Gasteiger partial charge on any atom is -0.394 e. The van der Waals surface area contributed by atoms with E-state index in [1.165, 1.54) is 0 Å². The second-order valence-corrected chi connectivity index (χ2v) is 5.77. The number of halogens is 3. The van der Waals surface area contributed by atoms with E-state index < -0.39 is 23.0 Å². The Morgan fingerprint density at radius 2 is 2.12 bits per heavy atom. The zero-order chi connectivity index (χ0) is 17.3. The summed E-state index contributed by atoms with van der Waals surface area (Å²) in [5, 5.41) is 10.8. The highest BCUT2D eigenvalue weighted by Crippen LogP contribution is 2.30.